The molecule has 0 fully saturated rings. The second-order valence-electron chi connectivity index (χ2n) is 11.0. The third kappa shape index (κ3) is 6.76. The van der Waals surface area contributed by atoms with Gasteiger partial charge in [0.25, 0.3) is 11.5 Å². The molecule has 8 nitrogen and oxygen atoms in total. The molecule has 244 valence electrons. The van der Waals surface area contributed by atoms with E-state index in [1.54, 1.807) is 43.9 Å². The predicted molar refractivity (Wildman–Crippen MR) is 196 cm³/mol. The maximum Gasteiger partial charge on any atom is 0.271 e. The van der Waals surface area contributed by atoms with E-state index in [1.165, 1.54) is 11.3 Å². The average Bonchev–Trinajstić information content (AvgIpc) is 3.38. The summed E-state index contributed by atoms with van der Waals surface area (Å²) in [6.07, 6.45) is 1.80. The van der Waals surface area contributed by atoms with Crippen LogP contribution in [0.1, 0.15) is 35.2 Å². The predicted octanol–water partition coefficient (Wildman–Crippen LogP) is 7.30. The van der Waals surface area contributed by atoms with Crippen LogP contribution in [0.5, 0.6) is 17.2 Å². The Kier molecular flexibility index (Phi) is 10.00. The van der Waals surface area contributed by atoms with E-state index in [0.717, 1.165) is 20.1 Å². The number of nitrogens with one attached hydrogen (secondary N) is 1. The number of rotatable bonds is 9. The number of allylic oxidation sites excluding steroid dienone is 1. The van der Waals surface area contributed by atoms with Crippen molar-refractivity contribution in [3.63, 3.8) is 0 Å². The topological polar surface area (TPSA) is 91.2 Å². The first-order chi connectivity index (χ1) is 23.2. The van der Waals surface area contributed by atoms with E-state index in [4.69, 9.17) is 19.2 Å². The van der Waals surface area contributed by atoms with Gasteiger partial charge < -0.3 is 19.5 Å². The Hall–Kier alpha value is -4.45. The molecule has 1 N–H and O–H groups in total. The van der Waals surface area contributed by atoms with Gasteiger partial charge in [0, 0.05) is 15.7 Å². The van der Waals surface area contributed by atoms with Crippen LogP contribution >= 0.6 is 43.2 Å². The summed E-state index contributed by atoms with van der Waals surface area (Å²) in [5.41, 5.74) is 4.53. The minimum atomic E-state index is -0.796. The van der Waals surface area contributed by atoms with Crippen LogP contribution in [0, 0.1) is 6.92 Å². The summed E-state index contributed by atoms with van der Waals surface area (Å²) in [5, 5.41) is 3.05. The number of aryl methyl sites for hydroxylation is 1. The highest BCUT2D eigenvalue weighted by Crippen LogP contribution is 2.37. The normalized spacial score (nSPS) is 14.3. The van der Waals surface area contributed by atoms with Crippen molar-refractivity contribution in [2.24, 2.45) is 4.99 Å². The zero-order valence-corrected chi connectivity index (χ0v) is 30.5. The smallest absolute Gasteiger partial charge is 0.271 e. The van der Waals surface area contributed by atoms with Gasteiger partial charge in [0.1, 0.15) is 12.4 Å². The van der Waals surface area contributed by atoms with E-state index in [0.29, 0.717) is 61.3 Å². The second-order valence-corrected chi connectivity index (χ2v) is 13.8. The van der Waals surface area contributed by atoms with Gasteiger partial charge in [-0.1, -0.05) is 81.9 Å². The molecule has 0 aliphatic carbocycles. The summed E-state index contributed by atoms with van der Waals surface area (Å²) in [7, 11) is 3.11. The summed E-state index contributed by atoms with van der Waals surface area (Å²) in [6, 6.07) is 25.8. The molecular weight excluding hydrogens is 758 g/mol. The number of nitrogens with zero attached hydrogens (tertiary/aromatic N) is 2. The molecule has 1 aliphatic heterocycles. The van der Waals surface area contributed by atoms with Gasteiger partial charge in [0.2, 0.25) is 0 Å². The number of aromatic nitrogens is 1. The Morgan fingerprint density at radius 2 is 1.69 bits per heavy atom. The Morgan fingerprint density at radius 1 is 0.958 bits per heavy atom. The van der Waals surface area contributed by atoms with Crippen molar-refractivity contribution < 1.29 is 19.0 Å². The molecule has 2 heterocycles. The Morgan fingerprint density at radius 3 is 2.42 bits per heavy atom. The molecular formula is C37H31Br2N3O5S. The van der Waals surface area contributed by atoms with Crippen LogP contribution < -0.4 is 34.4 Å². The molecule has 0 saturated heterocycles. The van der Waals surface area contributed by atoms with Crippen molar-refractivity contribution in [1.82, 2.24) is 4.57 Å². The third-order valence-corrected chi connectivity index (χ3v) is 9.96. The molecule has 6 rings (SSSR count). The summed E-state index contributed by atoms with van der Waals surface area (Å²) in [4.78, 5) is 33.8. The lowest BCUT2D eigenvalue weighted by Gasteiger charge is -2.26. The first-order valence-corrected chi connectivity index (χ1v) is 17.4. The van der Waals surface area contributed by atoms with Gasteiger partial charge in [0.05, 0.1) is 40.5 Å². The third-order valence-electron chi connectivity index (χ3n) is 7.93. The van der Waals surface area contributed by atoms with Crippen LogP contribution in [0.15, 0.2) is 115 Å². The van der Waals surface area contributed by atoms with Gasteiger partial charge in [-0.3, -0.25) is 14.2 Å². The first kappa shape index (κ1) is 33.5. The number of carbonyl (C=O) groups is 1. The largest absolute Gasteiger partial charge is 0.493 e. The fourth-order valence-electron chi connectivity index (χ4n) is 5.56. The number of hydrogen-bond acceptors (Lipinski definition) is 7. The van der Waals surface area contributed by atoms with Crippen molar-refractivity contribution >= 4 is 60.9 Å². The molecule has 1 atom stereocenters. The molecule has 48 heavy (non-hydrogen) atoms. The number of ether oxygens (including phenoxy) is 3. The number of anilines is 1. The standard InChI is InChI=1S/C37H31Br2N3O5S/c1-21-10-8-9-13-28(21)41-35(43)32-22(2)40-37-42(33(32)24-14-15-29(45-3)30(17-24)46-4)36(44)31(48-37)18-25-16-26(38)19-27(39)34(25)47-20-23-11-6-5-7-12-23/h5-19,33H,20H2,1-4H3,(H,41,43)/b31-18-/t33-/m1/s1. The maximum atomic E-state index is 14.4. The highest BCUT2D eigenvalue weighted by molar-refractivity contribution is 9.11. The number of hydrogen-bond donors (Lipinski definition) is 1. The van der Waals surface area contributed by atoms with Gasteiger partial charge in [-0.2, -0.15) is 0 Å². The number of fused-ring (bicyclic) bond motifs is 1. The number of carbonyl (C=O) groups excluding carboxylic acids is 1. The molecule has 0 radical (unpaired) electrons. The summed E-state index contributed by atoms with van der Waals surface area (Å²) in [5.74, 6) is 1.25. The second kappa shape index (κ2) is 14.3. The molecule has 0 spiro atoms. The average molecular weight is 790 g/mol. The fraction of sp³-hybridized carbons (Fsp3) is 0.162. The molecule has 1 aromatic heterocycles. The summed E-state index contributed by atoms with van der Waals surface area (Å²) in [6.45, 7) is 4.06. The number of thiazole rings is 1. The van der Waals surface area contributed by atoms with Crippen LogP contribution in [-0.4, -0.2) is 24.7 Å². The van der Waals surface area contributed by atoms with Gasteiger partial charge in [0.15, 0.2) is 16.3 Å². The SMILES string of the molecule is COc1ccc([C@@H]2C(C(=O)Nc3ccccc3C)=C(C)N=c3s/c(=C\c4cc(Br)cc(Br)c4OCc4ccccc4)c(=O)n32)cc1OC. The van der Waals surface area contributed by atoms with E-state index in [1.807, 2.05) is 79.7 Å². The van der Waals surface area contributed by atoms with Crippen LogP contribution in [0.2, 0.25) is 0 Å². The van der Waals surface area contributed by atoms with Crippen molar-refractivity contribution in [1.29, 1.82) is 0 Å². The molecule has 0 bridgehead atoms. The quantitative estimate of drug-likeness (QED) is 0.169. The lowest BCUT2D eigenvalue weighted by atomic mass is 9.94. The minimum absolute atomic E-state index is 0.294. The first-order valence-electron chi connectivity index (χ1n) is 15.0. The number of amides is 1. The molecule has 11 heteroatoms. The van der Waals surface area contributed by atoms with E-state index in [2.05, 4.69) is 37.2 Å². The molecule has 1 aliphatic rings. The van der Waals surface area contributed by atoms with Crippen LogP contribution in [-0.2, 0) is 11.4 Å². The van der Waals surface area contributed by atoms with E-state index in [-0.39, 0.29) is 11.5 Å². The van der Waals surface area contributed by atoms with Crippen LogP contribution in [0.25, 0.3) is 6.08 Å². The van der Waals surface area contributed by atoms with Crippen molar-refractivity contribution in [2.45, 2.75) is 26.5 Å². The van der Waals surface area contributed by atoms with E-state index >= 15 is 0 Å². The van der Waals surface area contributed by atoms with Gasteiger partial charge in [-0.25, -0.2) is 4.99 Å². The maximum absolute atomic E-state index is 14.4. The summed E-state index contributed by atoms with van der Waals surface area (Å²) >= 11 is 8.48. The molecule has 4 aromatic carbocycles. The monoisotopic (exact) mass is 787 g/mol. The highest BCUT2D eigenvalue weighted by atomic mass is 79.9. The van der Waals surface area contributed by atoms with Gasteiger partial charge in [-0.15, -0.1) is 0 Å². The fourth-order valence-corrected chi connectivity index (χ4v) is 7.97. The molecule has 0 unspecified atom stereocenters. The Balaban J connectivity index is 1.50. The van der Waals surface area contributed by atoms with E-state index in [9.17, 15) is 9.59 Å². The number of benzene rings is 4. The lowest BCUT2D eigenvalue weighted by molar-refractivity contribution is -0.113. The minimum Gasteiger partial charge on any atom is -0.493 e. The van der Waals surface area contributed by atoms with Gasteiger partial charge >= 0.3 is 0 Å². The molecule has 1 amide bonds. The van der Waals surface area contributed by atoms with Crippen molar-refractivity contribution in [2.75, 3.05) is 19.5 Å². The zero-order chi connectivity index (χ0) is 33.9. The molecule has 0 saturated carbocycles. The Labute approximate surface area is 298 Å². The lowest BCUT2D eigenvalue weighted by Crippen LogP contribution is -2.40. The van der Waals surface area contributed by atoms with E-state index < -0.39 is 6.04 Å². The zero-order valence-electron chi connectivity index (χ0n) is 26.5. The van der Waals surface area contributed by atoms with Crippen LogP contribution in [0.3, 0.4) is 0 Å². The number of halogens is 2. The highest BCUT2D eigenvalue weighted by Gasteiger charge is 2.33. The summed E-state index contributed by atoms with van der Waals surface area (Å²) < 4.78 is 20.9. The van der Waals surface area contributed by atoms with Gasteiger partial charge in [-0.05, 0) is 82.9 Å². The van der Waals surface area contributed by atoms with Crippen LogP contribution in [0.4, 0.5) is 5.69 Å². The number of para-hydroxylation sites is 1. The molecule has 5 aromatic rings. The number of methoxy groups -OCH3 is 2. The van der Waals surface area contributed by atoms with Crippen molar-refractivity contribution in [3.8, 4) is 17.2 Å². The Bertz CT molecular complexity index is 2250. The van der Waals surface area contributed by atoms with Crippen molar-refractivity contribution in [3.05, 3.63) is 147 Å².